The molecule has 1 amide bonds. The predicted octanol–water partition coefficient (Wildman–Crippen LogP) is 2.45. The summed E-state index contributed by atoms with van der Waals surface area (Å²) in [4.78, 5) is 15.7. The van der Waals surface area contributed by atoms with Gasteiger partial charge in [-0.2, -0.15) is 0 Å². The van der Waals surface area contributed by atoms with Gasteiger partial charge in [0.2, 0.25) is 0 Å². The highest BCUT2D eigenvalue weighted by Crippen LogP contribution is 2.19. The number of thioether (sulfide) groups is 1. The Morgan fingerprint density at radius 1 is 1.50 bits per heavy atom. The Kier molecular flexibility index (Phi) is 4.64. The Bertz CT molecular complexity index is 434. The fourth-order valence-corrected chi connectivity index (χ4v) is 2.65. The first-order chi connectivity index (χ1) is 8.78. The summed E-state index contributed by atoms with van der Waals surface area (Å²) in [5.74, 6) is 0.899. The zero-order valence-electron chi connectivity index (χ0n) is 10.3. The fraction of sp³-hybridized carbons (Fsp3) is 0.385. The fourth-order valence-electron chi connectivity index (χ4n) is 1.73. The third-order valence-electron chi connectivity index (χ3n) is 2.51. The average molecular weight is 264 g/mol. The van der Waals surface area contributed by atoms with Crippen LogP contribution in [0.2, 0.25) is 0 Å². The minimum atomic E-state index is -0.427. The molecule has 96 valence electrons. The Hall–Kier alpha value is -1.49. The van der Waals surface area contributed by atoms with Crippen LogP contribution in [-0.4, -0.2) is 29.7 Å². The first-order valence-electron chi connectivity index (χ1n) is 5.96. The molecule has 0 bridgehead atoms. The molecular weight excluding hydrogens is 248 g/mol. The van der Waals surface area contributed by atoms with E-state index in [0.29, 0.717) is 11.8 Å². The van der Waals surface area contributed by atoms with E-state index in [4.69, 9.17) is 4.74 Å². The van der Waals surface area contributed by atoms with Gasteiger partial charge in [0, 0.05) is 5.75 Å². The second-order valence-electron chi connectivity index (χ2n) is 3.93. The van der Waals surface area contributed by atoms with Crippen molar-refractivity contribution < 1.29 is 9.53 Å². The molecule has 0 saturated carbocycles. The molecule has 1 heterocycles. The van der Waals surface area contributed by atoms with E-state index >= 15 is 0 Å². The summed E-state index contributed by atoms with van der Waals surface area (Å²) in [5.41, 5.74) is 1.27. The summed E-state index contributed by atoms with van der Waals surface area (Å²) in [5, 5.41) is 3.31. The van der Waals surface area contributed by atoms with E-state index in [1.165, 1.54) is 5.56 Å². The van der Waals surface area contributed by atoms with Crippen molar-refractivity contribution in [2.24, 2.45) is 4.99 Å². The number of rotatable bonds is 3. The van der Waals surface area contributed by atoms with Gasteiger partial charge in [-0.1, -0.05) is 42.1 Å². The van der Waals surface area contributed by atoms with Crippen LogP contribution in [0.5, 0.6) is 0 Å². The van der Waals surface area contributed by atoms with Crippen molar-refractivity contribution in [3.05, 3.63) is 35.9 Å². The van der Waals surface area contributed by atoms with Crippen LogP contribution < -0.4 is 5.32 Å². The van der Waals surface area contributed by atoms with Crippen molar-refractivity contribution in [3.63, 3.8) is 0 Å². The number of nitrogens with one attached hydrogen (secondary N) is 1. The Labute approximate surface area is 111 Å². The maximum absolute atomic E-state index is 11.2. The number of benzene rings is 1. The molecule has 2 rings (SSSR count). The molecule has 1 aliphatic rings. The lowest BCUT2D eigenvalue weighted by atomic mass is 10.1. The minimum Gasteiger partial charge on any atom is -0.450 e. The second-order valence-corrected chi connectivity index (χ2v) is 4.94. The van der Waals surface area contributed by atoms with Gasteiger partial charge in [-0.05, 0) is 18.9 Å². The molecular formula is C13H16N2O2S. The maximum Gasteiger partial charge on any atom is 0.413 e. The number of hydrogen-bond acceptors (Lipinski definition) is 4. The molecule has 5 heteroatoms. The Morgan fingerprint density at radius 3 is 3.00 bits per heavy atom. The number of amides is 1. The lowest BCUT2D eigenvalue weighted by molar-refractivity contribution is 0.158. The van der Waals surface area contributed by atoms with Crippen molar-refractivity contribution in [2.75, 3.05) is 12.4 Å². The third kappa shape index (κ3) is 3.77. The maximum atomic E-state index is 11.2. The monoisotopic (exact) mass is 264 g/mol. The topological polar surface area (TPSA) is 50.7 Å². The van der Waals surface area contributed by atoms with Gasteiger partial charge in [-0.25, -0.2) is 4.79 Å². The van der Waals surface area contributed by atoms with Crippen LogP contribution in [-0.2, 0) is 11.2 Å². The first-order valence-corrected chi connectivity index (χ1v) is 6.94. The van der Waals surface area contributed by atoms with Crippen molar-refractivity contribution in [1.29, 1.82) is 0 Å². The van der Waals surface area contributed by atoms with E-state index < -0.39 is 6.09 Å². The van der Waals surface area contributed by atoms with Crippen molar-refractivity contribution in [1.82, 2.24) is 5.32 Å². The lowest BCUT2D eigenvalue weighted by Gasteiger charge is -2.04. The number of aliphatic imine (C=N–C) groups is 1. The molecule has 1 atom stereocenters. The van der Waals surface area contributed by atoms with Crippen LogP contribution in [0.4, 0.5) is 4.79 Å². The molecule has 0 fully saturated rings. The van der Waals surface area contributed by atoms with Crippen LogP contribution >= 0.6 is 11.8 Å². The molecule has 4 nitrogen and oxygen atoms in total. The highest BCUT2D eigenvalue weighted by molar-refractivity contribution is 8.14. The van der Waals surface area contributed by atoms with Gasteiger partial charge in [-0.3, -0.25) is 10.3 Å². The zero-order valence-corrected chi connectivity index (χ0v) is 11.1. The van der Waals surface area contributed by atoms with Crippen LogP contribution in [0.1, 0.15) is 12.5 Å². The van der Waals surface area contributed by atoms with E-state index in [1.807, 2.05) is 18.2 Å². The van der Waals surface area contributed by atoms with Gasteiger partial charge in [0.1, 0.15) is 0 Å². The molecule has 0 saturated heterocycles. The summed E-state index contributed by atoms with van der Waals surface area (Å²) in [6.45, 7) is 2.15. The predicted molar refractivity (Wildman–Crippen MR) is 74.0 cm³/mol. The Morgan fingerprint density at radius 2 is 2.28 bits per heavy atom. The SMILES string of the molecule is CCOC(=O)NC1=N[C@@H](Cc2ccccc2)CS1. The molecule has 1 aromatic carbocycles. The number of alkyl carbamates (subject to hydrolysis) is 1. The van der Waals surface area contributed by atoms with Gasteiger partial charge in [0.25, 0.3) is 0 Å². The number of amidine groups is 1. The Balaban J connectivity index is 1.86. The molecule has 18 heavy (non-hydrogen) atoms. The zero-order chi connectivity index (χ0) is 12.8. The van der Waals surface area contributed by atoms with E-state index in [9.17, 15) is 4.79 Å². The second kappa shape index (κ2) is 6.44. The van der Waals surface area contributed by atoms with Crippen molar-refractivity contribution >= 4 is 23.0 Å². The number of carbonyl (C=O) groups excluding carboxylic acids is 1. The molecule has 0 unspecified atom stereocenters. The summed E-state index contributed by atoms with van der Waals surface area (Å²) >= 11 is 1.56. The van der Waals surface area contributed by atoms with Crippen molar-refractivity contribution in [2.45, 2.75) is 19.4 Å². The highest BCUT2D eigenvalue weighted by atomic mass is 32.2. The highest BCUT2D eigenvalue weighted by Gasteiger charge is 2.20. The summed E-state index contributed by atoms with van der Waals surface area (Å²) in [6, 6.07) is 10.5. The van der Waals surface area contributed by atoms with E-state index in [2.05, 4.69) is 22.4 Å². The lowest BCUT2D eigenvalue weighted by Crippen LogP contribution is -2.28. The normalized spacial score (nSPS) is 18.3. The molecule has 0 spiro atoms. The largest absolute Gasteiger partial charge is 0.450 e. The molecule has 0 aromatic heterocycles. The van der Waals surface area contributed by atoms with Crippen molar-refractivity contribution in [3.8, 4) is 0 Å². The quantitative estimate of drug-likeness (QED) is 0.912. The number of carbonyl (C=O) groups is 1. The molecule has 0 radical (unpaired) electrons. The van der Waals surface area contributed by atoms with E-state index in [0.717, 1.165) is 12.2 Å². The van der Waals surface area contributed by atoms with Crippen LogP contribution in [0.3, 0.4) is 0 Å². The minimum absolute atomic E-state index is 0.231. The average Bonchev–Trinajstić information content (AvgIpc) is 2.78. The van der Waals surface area contributed by atoms with Gasteiger partial charge in [0.15, 0.2) is 5.17 Å². The van der Waals surface area contributed by atoms with Gasteiger partial charge in [-0.15, -0.1) is 0 Å². The molecule has 1 aromatic rings. The number of ether oxygens (including phenoxy) is 1. The van der Waals surface area contributed by atoms with Crippen LogP contribution in [0.25, 0.3) is 0 Å². The first kappa shape index (κ1) is 13.0. The molecule has 0 aliphatic carbocycles. The van der Waals surface area contributed by atoms with Crippen LogP contribution in [0, 0.1) is 0 Å². The summed E-state index contributed by atoms with van der Waals surface area (Å²) < 4.78 is 4.81. The summed E-state index contributed by atoms with van der Waals surface area (Å²) in [7, 11) is 0. The standard InChI is InChI=1S/C13H16N2O2S/c1-2-17-13(16)15-12-14-11(9-18-12)8-10-6-4-3-5-7-10/h3-7,11H,2,8-9H2,1H3,(H,14,15,16)/t11-/m0/s1. The molecule has 1 N–H and O–H groups in total. The van der Waals surface area contributed by atoms with Gasteiger partial charge >= 0.3 is 6.09 Å². The van der Waals surface area contributed by atoms with E-state index in [1.54, 1.807) is 18.7 Å². The number of nitrogens with zero attached hydrogens (tertiary/aromatic N) is 1. The third-order valence-corrected chi connectivity index (χ3v) is 3.54. The summed E-state index contributed by atoms with van der Waals surface area (Å²) in [6.07, 6.45) is 0.478. The van der Waals surface area contributed by atoms with Gasteiger partial charge in [0.05, 0.1) is 12.6 Å². The van der Waals surface area contributed by atoms with E-state index in [-0.39, 0.29) is 6.04 Å². The molecule has 1 aliphatic heterocycles. The van der Waals surface area contributed by atoms with Crippen LogP contribution in [0.15, 0.2) is 35.3 Å². The number of hydrogen-bond donors (Lipinski definition) is 1. The van der Waals surface area contributed by atoms with Gasteiger partial charge < -0.3 is 4.74 Å². The smallest absolute Gasteiger partial charge is 0.413 e.